The number of aryl methyl sites for hydroxylation is 1. The van der Waals surface area contributed by atoms with E-state index in [1.54, 1.807) is 10.9 Å². The monoisotopic (exact) mass is 281 g/mol. The number of carbonyl (C=O) groups excluding carboxylic acids is 1. The number of halogens is 1. The fraction of sp³-hybridized carbons (Fsp3) is 0.364. The quantitative estimate of drug-likeness (QED) is 0.810. The number of unbranched alkanes of at least 4 members (excludes halogenated alkanes) is 1. The molecule has 1 aromatic heterocycles. The summed E-state index contributed by atoms with van der Waals surface area (Å²) in [6.45, 7) is 2.91. The minimum Gasteiger partial charge on any atom is -0.298 e. The number of aromatic nitrogens is 3. The van der Waals surface area contributed by atoms with Crippen LogP contribution in [-0.2, 0) is 6.54 Å². The molecule has 0 bridgehead atoms. The lowest BCUT2D eigenvalue weighted by molar-refractivity contribution is 0.112. The normalized spacial score (nSPS) is 10.9. The Hall–Kier alpha value is -1.23. The van der Waals surface area contributed by atoms with Gasteiger partial charge in [0.1, 0.15) is 11.0 Å². The summed E-state index contributed by atoms with van der Waals surface area (Å²) in [4.78, 5) is 12.5. The number of benzene rings is 1. The molecule has 0 unspecified atom stereocenters. The van der Waals surface area contributed by atoms with Gasteiger partial charge >= 0.3 is 0 Å². The maximum absolute atomic E-state index is 10.9. The van der Waals surface area contributed by atoms with E-state index in [0.29, 0.717) is 11.1 Å². The third-order valence-corrected chi connectivity index (χ3v) is 3.04. The van der Waals surface area contributed by atoms with E-state index in [4.69, 9.17) is 0 Å². The summed E-state index contributed by atoms with van der Waals surface area (Å²) in [6, 6.07) is 3.57. The van der Waals surface area contributed by atoms with Crippen molar-refractivity contribution in [1.82, 2.24) is 15.0 Å². The van der Waals surface area contributed by atoms with Crippen LogP contribution < -0.4 is 0 Å². The first kappa shape index (κ1) is 11.3. The van der Waals surface area contributed by atoms with Gasteiger partial charge in [0.2, 0.25) is 0 Å². The van der Waals surface area contributed by atoms with Gasteiger partial charge in [-0.3, -0.25) is 4.79 Å². The second-order valence-electron chi connectivity index (χ2n) is 3.60. The van der Waals surface area contributed by atoms with Crippen molar-refractivity contribution in [1.29, 1.82) is 0 Å². The van der Waals surface area contributed by atoms with Crippen LogP contribution in [0.1, 0.15) is 30.1 Å². The van der Waals surface area contributed by atoms with E-state index in [-0.39, 0.29) is 0 Å². The minimum absolute atomic E-state index is 0.584. The fourth-order valence-corrected chi connectivity index (χ4v) is 1.92. The number of hydrogen-bond donors (Lipinski definition) is 0. The first-order chi connectivity index (χ1) is 7.76. The van der Waals surface area contributed by atoms with E-state index >= 15 is 0 Å². The van der Waals surface area contributed by atoms with Crippen molar-refractivity contribution < 1.29 is 4.79 Å². The molecule has 0 N–H and O–H groups in total. The summed E-state index contributed by atoms with van der Waals surface area (Å²) in [6.07, 6.45) is 2.95. The molecule has 0 aliphatic heterocycles. The molecule has 0 atom stereocenters. The molecule has 0 radical (unpaired) electrons. The van der Waals surface area contributed by atoms with Gasteiger partial charge in [0.05, 0.1) is 6.54 Å². The van der Waals surface area contributed by atoms with Gasteiger partial charge in [-0.25, -0.2) is 0 Å². The smallest absolute Gasteiger partial charge is 0.152 e. The van der Waals surface area contributed by atoms with E-state index in [0.717, 1.165) is 35.7 Å². The Morgan fingerprint density at radius 3 is 2.81 bits per heavy atom. The predicted molar refractivity (Wildman–Crippen MR) is 65.5 cm³/mol. The maximum atomic E-state index is 10.9. The topological polar surface area (TPSA) is 47.8 Å². The average Bonchev–Trinajstić information content (AvgIpc) is 2.72. The van der Waals surface area contributed by atoms with Crippen LogP contribution in [-0.4, -0.2) is 21.3 Å². The molecule has 0 spiro atoms. The van der Waals surface area contributed by atoms with E-state index in [9.17, 15) is 4.79 Å². The SMILES string of the molecule is CCCCn1nc2c(Br)ccc(C=O)c2n1. The number of rotatable bonds is 4. The molecule has 5 heteroatoms. The molecule has 2 aromatic rings. The van der Waals surface area contributed by atoms with Crippen LogP contribution in [0, 0.1) is 0 Å². The van der Waals surface area contributed by atoms with Crippen molar-refractivity contribution in [3.05, 3.63) is 22.2 Å². The highest BCUT2D eigenvalue weighted by Gasteiger charge is 2.10. The fourth-order valence-electron chi connectivity index (χ4n) is 1.52. The van der Waals surface area contributed by atoms with Gasteiger partial charge in [0, 0.05) is 10.0 Å². The van der Waals surface area contributed by atoms with Crippen LogP contribution in [0.15, 0.2) is 16.6 Å². The van der Waals surface area contributed by atoms with Gasteiger partial charge in [-0.15, -0.1) is 0 Å². The summed E-state index contributed by atoms with van der Waals surface area (Å²) in [5.74, 6) is 0. The van der Waals surface area contributed by atoms with Crippen LogP contribution in [0.2, 0.25) is 0 Å². The van der Waals surface area contributed by atoms with E-state index in [1.807, 2.05) is 6.07 Å². The number of fused-ring (bicyclic) bond motifs is 1. The Kier molecular flexibility index (Phi) is 3.33. The summed E-state index contributed by atoms with van der Waals surface area (Å²) < 4.78 is 0.871. The van der Waals surface area contributed by atoms with Gasteiger partial charge < -0.3 is 0 Å². The molecule has 16 heavy (non-hydrogen) atoms. The van der Waals surface area contributed by atoms with Crippen molar-refractivity contribution in [3.63, 3.8) is 0 Å². The first-order valence-electron chi connectivity index (χ1n) is 5.24. The molecule has 1 heterocycles. The van der Waals surface area contributed by atoms with Crippen molar-refractivity contribution in [2.24, 2.45) is 0 Å². The molecular weight excluding hydrogens is 270 g/mol. The van der Waals surface area contributed by atoms with E-state index < -0.39 is 0 Å². The molecule has 84 valence electrons. The van der Waals surface area contributed by atoms with E-state index in [1.165, 1.54) is 0 Å². The zero-order valence-corrected chi connectivity index (χ0v) is 10.6. The van der Waals surface area contributed by atoms with E-state index in [2.05, 4.69) is 33.1 Å². The van der Waals surface area contributed by atoms with Crippen LogP contribution in [0.3, 0.4) is 0 Å². The van der Waals surface area contributed by atoms with Gasteiger partial charge in [-0.1, -0.05) is 13.3 Å². The van der Waals surface area contributed by atoms with Crippen LogP contribution in [0.4, 0.5) is 0 Å². The zero-order chi connectivity index (χ0) is 11.5. The van der Waals surface area contributed by atoms with Crippen molar-refractivity contribution in [2.45, 2.75) is 26.3 Å². The largest absolute Gasteiger partial charge is 0.298 e. The van der Waals surface area contributed by atoms with Crippen molar-refractivity contribution in [2.75, 3.05) is 0 Å². The second kappa shape index (κ2) is 4.74. The Bertz CT molecular complexity index is 521. The van der Waals surface area contributed by atoms with Crippen molar-refractivity contribution >= 4 is 33.2 Å². The summed E-state index contributed by atoms with van der Waals surface area (Å²) in [5, 5.41) is 8.68. The molecule has 4 nitrogen and oxygen atoms in total. The standard InChI is InChI=1S/C11H12BrN3O/c1-2-3-6-15-13-10-8(7-16)4-5-9(12)11(10)14-15/h4-5,7H,2-3,6H2,1H3. The molecule has 0 saturated carbocycles. The van der Waals surface area contributed by atoms with Gasteiger partial charge in [0.15, 0.2) is 6.29 Å². The molecule has 1 aromatic carbocycles. The van der Waals surface area contributed by atoms with Gasteiger partial charge in [0.25, 0.3) is 0 Å². The summed E-state index contributed by atoms with van der Waals surface area (Å²) in [5.41, 5.74) is 2.00. The lowest BCUT2D eigenvalue weighted by Crippen LogP contribution is -2.01. The highest BCUT2D eigenvalue weighted by Crippen LogP contribution is 2.23. The Balaban J connectivity index is 2.50. The zero-order valence-electron chi connectivity index (χ0n) is 8.98. The lowest BCUT2D eigenvalue weighted by Gasteiger charge is -1.94. The Morgan fingerprint density at radius 2 is 2.12 bits per heavy atom. The lowest BCUT2D eigenvalue weighted by atomic mass is 10.2. The van der Waals surface area contributed by atoms with Crippen LogP contribution in [0.25, 0.3) is 11.0 Å². The molecular formula is C11H12BrN3O. The molecule has 0 fully saturated rings. The number of aldehydes is 1. The van der Waals surface area contributed by atoms with Gasteiger partial charge in [-0.2, -0.15) is 15.0 Å². The third-order valence-electron chi connectivity index (χ3n) is 2.40. The summed E-state index contributed by atoms with van der Waals surface area (Å²) in [7, 11) is 0. The Morgan fingerprint density at radius 1 is 1.38 bits per heavy atom. The molecule has 0 saturated heterocycles. The minimum atomic E-state index is 0.584. The molecule has 2 rings (SSSR count). The summed E-state index contributed by atoms with van der Waals surface area (Å²) >= 11 is 3.41. The second-order valence-corrected chi connectivity index (χ2v) is 4.46. The number of hydrogen-bond acceptors (Lipinski definition) is 3. The Labute approximate surface area is 102 Å². The number of nitrogens with zero attached hydrogens (tertiary/aromatic N) is 3. The van der Waals surface area contributed by atoms with Crippen LogP contribution >= 0.6 is 15.9 Å². The number of carbonyl (C=O) groups is 1. The highest BCUT2D eigenvalue weighted by atomic mass is 79.9. The molecule has 0 amide bonds. The predicted octanol–water partition coefficient (Wildman–Crippen LogP) is 2.81. The van der Waals surface area contributed by atoms with Crippen LogP contribution in [0.5, 0.6) is 0 Å². The average molecular weight is 282 g/mol. The molecule has 0 aliphatic carbocycles. The third kappa shape index (κ3) is 2.00. The maximum Gasteiger partial charge on any atom is 0.152 e. The first-order valence-corrected chi connectivity index (χ1v) is 6.04. The molecule has 0 aliphatic rings. The van der Waals surface area contributed by atoms with Gasteiger partial charge in [-0.05, 0) is 34.5 Å². The van der Waals surface area contributed by atoms with Crippen molar-refractivity contribution in [3.8, 4) is 0 Å². The highest BCUT2D eigenvalue weighted by molar-refractivity contribution is 9.10.